The van der Waals surface area contributed by atoms with Crippen LogP contribution in [0.4, 0.5) is 0 Å². The molecule has 2 amide bonds. The quantitative estimate of drug-likeness (QED) is 0.782. The number of aromatic nitrogens is 1. The minimum absolute atomic E-state index is 0.132. The molecule has 0 bridgehead atoms. The van der Waals surface area contributed by atoms with Gasteiger partial charge < -0.3 is 0 Å². The van der Waals surface area contributed by atoms with E-state index in [1.54, 1.807) is 0 Å². The third-order valence-corrected chi connectivity index (χ3v) is 4.26. The predicted molar refractivity (Wildman–Crippen MR) is 69.4 cm³/mol. The van der Waals surface area contributed by atoms with Crippen molar-refractivity contribution in [3.8, 4) is 0 Å². The highest BCUT2D eigenvalue weighted by molar-refractivity contribution is 6.15. The minimum Gasteiger partial charge on any atom is -0.295 e. The Morgan fingerprint density at radius 2 is 2.11 bits per heavy atom. The summed E-state index contributed by atoms with van der Waals surface area (Å²) in [4.78, 5) is 28.0. The monoisotopic (exact) mass is 252 g/mol. The van der Waals surface area contributed by atoms with Crippen molar-refractivity contribution in [1.82, 2.24) is 10.3 Å². The summed E-state index contributed by atoms with van der Waals surface area (Å²) in [7, 11) is 0. The zero-order chi connectivity index (χ0) is 13.2. The smallest absolute Gasteiger partial charge is 0.238 e. The molecule has 2 aliphatic rings. The van der Waals surface area contributed by atoms with Crippen molar-refractivity contribution in [2.24, 2.45) is 5.92 Å². The van der Waals surface area contributed by atoms with E-state index in [0.717, 1.165) is 22.2 Å². The van der Waals surface area contributed by atoms with Gasteiger partial charge in [0.15, 0.2) is 0 Å². The van der Waals surface area contributed by atoms with E-state index in [2.05, 4.69) is 10.3 Å². The first kappa shape index (κ1) is 10.7. The van der Waals surface area contributed by atoms with Gasteiger partial charge in [0.05, 0.1) is 16.8 Å². The fourth-order valence-corrected chi connectivity index (χ4v) is 3.10. The molecule has 1 saturated heterocycles. The van der Waals surface area contributed by atoms with E-state index in [-0.39, 0.29) is 17.7 Å². The van der Waals surface area contributed by atoms with Crippen LogP contribution in [0.2, 0.25) is 0 Å². The third kappa shape index (κ3) is 1.26. The van der Waals surface area contributed by atoms with Gasteiger partial charge in [0.2, 0.25) is 11.8 Å². The number of imide groups is 1. The average Bonchev–Trinajstić information content (AvgIpc) is 3.09. The van der Waals surface area contributed by atoms with E-state index in [0.29, 0.717) is 6.42 Å². The first-order chi connectivity index (χ1) is 9.11. The number of pyridine rings is 1. The summed E-state index contributed by atoms with van der Waals surface area (Å²) in [6.07, 6.45) is 0.641. The molecule has 0 spiro atoms. The summed E-state index contributed by atoms with van der Waals surface area (Å²) < 4.78 is 0. The van der Waals surface area contributed by atoms with E-state index in [1.807, 2.05) is 37.3 Å². The Bertz CT molecular complexity index is 753. The Morgan fingerprint density at radius 3 is 2.79 bits per heavy atom. The Kier molecular flexibility index (Phi) is 1.80. The van der Waals surface area contributed by atoms with Gasteiger partial charge in [-0.3, -0.25) is 19.9 Å². The van der Waals surface area contributed by atoms with Crippen LogP contribution in [0.15, 0.2) is 30.3 Å². The van der Waals surface area contributed by atoms with Gasteiger partial charge in [-0.1, -0.05) is 12.1 Å². The number of benzene rings is 1. The zero-order valence-electron chi connectivity index (χ0n) is 10.4. The lowest BCUT2D eigenvalue weighted by Gasteiger charge is -2.11. The summed E-state index contributed by atoms with van der Waals surface area (Å²) in [5.41, 5.74) is 2.22. The number of hydrogen-bond donors (Lipinski definition) is 1. The number of rotatable bonds is 1. The fraction of sp³-hybridized carbons (Fsp3) is 0.267. The van der Waals surface area contributed by atoms with Crippen molar-refractivity contribution in [3.05, 3.63) is 41.6 Å². The van der Waals surface area contributed by atoms with Crippen LogP contribution in [-0.2, 0) is 15.0 Å². The van der Waals surface area contributed by atoms with Crippen LogP contribution in [0, 0.1) is 12.8 Å². The molecule has 4 nitrogen and oxygen atoms in total. The topological polar surface area (TPSA) is 59.1 Å². The van der Waals surface area contributed by atoms with Crippen LogP contribution >= 0.6 is 0 Å². The number of fused-ring (bicyclic) bond motifs is 2. The number of aryl methyl sites for hydroxylation is 1. The number of hydrogen-bond acceptors (Lipinski definition) is 3. The molecule has 1 aromatic heterocycles. The summed E-state index contributed by atoms with van der Waals surface area (Å²) in [6, 6.07) is 9.79. The highest BCUT2D eigenvalue weighted by Gasteiger charge is 2.69. The maximum absolute atomic E-state index is 12.0. The van der Waals surface area contributed by atoms with Crippen molar-refractivity contribution in [2.75, 3.05) is 0 Å². The van der Waals surface area contributed by atoms with Gasteiger partial charge in [-0.05, 0) is 37.1 Å². The molecule has 1 aliphatic carbocycles. The number of carbonyl (C=O) groups excluding carboxylic acids is 2. The Balaban J connectivity index is 1.87. The second-order valence-electron chi connectivity index (χ2n) is 5.41. The SMILES string of the molecule is Cc1ccc2cc(C34CC3C(=O)NC4=O)ccc2n1. The van der Waals surface area contributed by atoms with Crippen LogP contribution in [0.25, 0.3) is 10.9 Å². The van der Waals surface area contributed by atoms with E-state index in [1.165, 1.54) is 0 Å². The summed E-state index contributed by atoms with van der Waals surface area (Å²) in [5, 5.41) is 3.43. The molecule has 4 heteroatoms. The second kappa shape index (κ2) is 3.20. The molecule has 1 saturated carbocycles. The normalized spacial score (nSPS) is 28.4. The van der Waals surface area contributed by atoms with Crippen LogP contribution in [0.5, 0.6) is 0 Å². The van der Waals surface area contributed by atoms with Gasteiger partial charge in [-0.25, -0.2) is 0 Å². The van der Waals surface area contributed by atoms with Crippen LogP contribution in [-0.4, -0.2) is 16.8 Å². The highest BCUT2D eigenvalue weighted by atomic mass is 16.2. The van der Waals surface area contributed by atoms with E-state index in [9.17, 15) is 9.59 Å². The van der Waals surface area contributed by atoms with Gasteiger partial charge in [-0.2, -0.15) is 0 Å². The van der Waals surface area contributed by atoms with Crippen molar-refractivity contribution < 1.29 is 9.59 Å². The molecule has 1 N–H and O–H groups in total. The van der Waals surface area contributed by atoms with Crippen LogP contribution in [0.3, 0.4) is 0 Å². The van der Waals surface area contributed by atoms with Gasteiger partial charge in [0, 0.05) is 11.1 Å². The third-order valence-electron chi connectivity index (χ3n) is 4.26. The summed E-state index contributed by atoms with van der Waals surface area (Å²) in [5.74, 6) is -0.454. The number of amides is 2. The molecule has 2 atom stereocenters. The van der Waals surface area contributed by atoms with Crippen molar-refractivity contribution in [2.45, 2.75) is 18.8 Å². The molecule has 19 heavy (non-hydrogen) atoms. The highest BCUT2D eigenvalue weighted by Crippen LogP contribution is 2.57. The van der Waals surface area contributed by atoms with Gasteiger partial charge in [-0.15, -0.1) is 0 Å². The first-order valence-corrected chi connectivity index (χ1v) is 6.34. The van der Waals surface area contributed by atoms with Crippen LogP contribution < -0.4 is 5.32 Å². The summed E-state index contributed by atoms with van der Waals surface area (Å²) >= 11 is 0. The van der Waals surface area contributed by atoms with Crippen molar-refractivity contribution in [1.29, 1.82) is 0 Å². The molecule has 1 aromatic carbocycles. The van der Waals surface area contributed by atoms with Gasteiger partial charge >= 0.3 is 0 Å². The van der Waals surface area contributed by atoms with E-state index in [4.69, 9.17) is 0 Å². The summed E-state index contributed by atoms with van der Waals surface area (Å²) in [6.45, 7) is 1.95. The Hall–Kier alpha value is -2.23. The van der Waals surface area contributed by atoms with Gasteiger partial charge in [0.1, 0.15) is 0 Å². The first-order valence-electron chi connectivity index (χ1n) is 6.34. The Labute approximate surface area is 109 Å². The van der Waals surface area contributed by atoms with E-state index < -0.39 is 5.41 Å². The molecule has 0 radical (unpaired) electrons. The number of nitrogens with zero attached hydrogens (tertiary/aromatic N) is 1. The molecule has 94 valence electrons. The molecule has 2 fully saturated rings. The van der Waals surface area contributed by atoms with Gasteiger partial charge in [0.25, 0.3) is 0 Å². The molecule has 2 unspecified atom stereocenters. The maximum atomic E-state index is 12.0. The molecular weight excluding hydrogens is 240 g/mol. The Morgan fingerprint density at radius 1 is 1.26 bits per heavy atom. The predicted octanol–water partition coefficient (Wildman–Crippen LogP) is 1.46. The number of piperidine rings is 1. The molecule has 4 rings (SSSR count). The molecular formula is C15H12N2O2. The largest absolute Gasteiger partial charge is 0.295 e. The zero-order valence-corrected chi connectivity index (χ0v) is 10.4. The van der Waals surface area contributed by atoms with Crippen LogP contribution in [0.1, 0.15) is 17.7 Å². The molecule has 2 aromatic rings. The molecule has 1 aliphatic heterocycles. The fourth-order valence-electron chi connectivity index (χ4n) is 3.10. The lowest BCUT2D eigenvalue weighted by atomic mass is 9.93. The standard InChI is InChI=1S/C15H12N2O2/c1-8-2-3-9-6-10(4-5-12(9)16-8)15-7-11(15)13(18)17-14(15)19/h2-6,11H,7H2,1H3,(H,17,18,19). The lowest BCUT2D eigenvalue weighted by molar-refractivity contribution is -0.127. The molecule has 2 heterocycles. The second-order valence-corrected chi connectivity index (χ2v) is 5.41. The lowest BCUT2D eigenvalue weighted by Crippen LogP contribution is -2.30. The minimum atomic E-state index is -0.601. The number of nitrogens with one attached hydrogen (secondary N) is 1. The van der Waals surface area contributed by atoms with E-state index >= 15 is 0 Å². The maximum Gasteiger partial charge on any atom is 0.238 e. The number of carbonyl (C=O) groups is 2. The van der Waals surface area contributed by atoms with Crippen molar-refractivity contribution in [3.63, 3.8) is 0 Å². The average molecular weight is 252 g/mol. The van der Waals surface area contributed by atoms with Crippen molar-refractivity contribution >= 4 is 22.7 Å².